The molecule has 7 rings (SSSR count). The second-order valence-electron chi connectivity index (χ2n) is 11.2. The Kier molecular flexibility index (Phi) is 5.47. The van der Waals surface area contributed by atoms with Crippen molar-refractivity contribution in [1.29, 1.82) is 0 Å². The molecule has 3 aliphatic carbocycles. The van der Waals surface area contributed by atoms with E-state index in [1.807, 2.05) is 38.1 Å². The molecule has 8 nitrogen and oxygen atoms in total. The van der Waals surface area contributed by atoms with Crippen LogP contribution in [0, 0.1) is 48.9 Å². The zero-order valence-electron chi connectivity index (χ0n) is 22.6. The summed E-state index contributed by atoms with van der Waals surface area (Å²) in [6.45, 7) is 8.89. The van der Waals surface area contributed by atoms with Gasteiger partial charge in [0.1, 0.15) is 0 Å². The molecule has 0 aromatic heterocycles. The molecular weight excluding hydrogens is 496 g/mol. The summed E-state index contributed by atoms with van der Waals surface area (Å²) < 4.78 is 5.44. The molecule has 1 saturated carbocycles. The molecule has 0 spiro atoms. The Balaban J connectivity index is 1.57. The second kappa shape index (κ2) is 8.46. The van der Waals surface area contributed by atoms with Crippen LogP contribution in [0.25, 0.3) is 0 Å². The fourth-order valence-electron chi connectivity index (χ4n) is 7.91. The molecule has 2 bridgehead atoms. The minimum atomic E-state index is -1.41. The number of rotatable bonds is 4. The third-order valence-corrected chi connectivity index (χ3v) is 9.39. The number of anilines is 2. The average molecular weight is 527 g/mol. The van der Waals surface area contributed by atoms with Gasteiger partial charge in [-0.3, -0.25) is 19.2 Å². The van der Waals surface area contributed by atoms with E-state index in [4.69, 9.17) is 4.74 Å². The van der Waals surface area contributed by atoms with Crippen LogP contribution < -0.4 is 9.80 Å². The van der Waals surface area contributed by atoms with Crippen LogP contribution in [0.4, 0.5) is 11.4 Å². The Morgan fingerprint density at radius 1 is 0.744 bits per heavy atom. The largest absolute Gasteiger partial charge is 0.463 e. The predicted molar refractivity (Wildman–Crippen MR) is 142 cm³/mol. The number of allylic oxidation sites excluding steroid dienone is 1. The van der Waals surface area contributed by atoms with Crippen molar-refractivity contribution < 1.29 is 28.7 Å². The lowest BCUT2D eigenvalue weighted by atomic mass is 9.43. The minimum Gasteiger partial charge on any atom is -0.463 e. The fraction of sp³-hybridized carbons (Fsp3) is 0.387. The lowest BCUT2D eigenvalue weighted by Crippen LogP contribution is -2.61. The maximum atomic E-state index is 14.2. The molecule has 8 heteroatoms. The molecular formula is C31H30N2O6. The highest BCUT2D eigenvalue weighted by Gasteiger charge is 2.77. The van der Waals surface area contributed by atoms with E-state index >= 15 is 0 Å². The zero-order valence-corrected chi connectivity index (χ0v) is 22.6. The van der Waals surface area contributed by atoms with Crippen molar-refractivity contribution in [2.45, 2.75) is 34.6 Å². The van der Waals surface area contributed by atoms with Gasteiger partial charge in [-0.15, -0.1) is 0 Å². The summed E-state index contributed by atoms with van der Waals surface area (Å²) in [7, 11) is 0. The highest BCUT2D eigenvalue weighted by molar-refractivity contribution is 6.28. The van der Waals surface area contributed by atoms with Gasteiger partial charge < -0.3 is 4.74 Å². The van der Waals surface area contributed by atoms with Gasteiger partial charge >= 0.3 is 5.97 Å². The summed E-state index contributed by atoms with van der Waals surface area (Å²) in [6, 6.07) is 14.3. The van der Waals surface area contributed by atoms with Gasteiger partial charge in [0.15, 0.2) is 0 Å². The number of aryl methyl sites for hydroxylation is 2. The topological polar surface area (TPSA) is 101 Å². The maximum absolute atomic E-state index is 14.2. The van der Waals surface area contributed by atoms with Crippen LogP contribution >= 0.6 is 0 Å². The van der Waals surface area contributed by atoms with Crippen LogP contribution in [0.2, 0.25) is 0 Å². The first-order valence-electron chi connectivity index (χ1n) is 13.3. The van der Waals surface area contributed by atoms with E-state index in [0.29, 0.717) is 16.9 Å². The van der Waals surface area contributed by atoms with Crippen molar-refractivity contribution in [2.75, 3.05) is 16.4 Å². The van der Waals surface area contributed by atoms with Gasteiger partial charge in [-0.25, -0.2) is 14.6 Å². The molecule has 2 aromatic rings. The van der Waals surface area contributed by atoms with Gasteiger partial charge in [-0.1, -0.05) is 48.9 Å². The number of carbonyl (C=O) groups excluding carboxylic acids is 5. The van der Waals surface area contributed by atoms with Gasteiger partial charge in [0.05, 0.1) is 41.7 Å². The predicted octanol–water partition coefficient (Wildman–Crippen LogP) is 3.74. The number of carbonyl (C=O) groups is 5. The highest BCUT2D eigenvalue weighted by Crippen LogP contribution is 2.69. The standard InChI is InChI=1S/C31H30N2O6/c1-6-39-30(38)23-17(4)20-21-24(28(36)32(26(21)34)18-13-9-7-11-15(18)2)31(23,5)25-22(20)27(35)33(29(25)37)19-14-10-8-12-16(19)3/h7-14,20-22,24-25H,6H2,1-5H3/t20?,21-,22-,24+,25+,31?/m0/s1. The highest BCUT2D eigenvalue weighted by atomic mass is 16.5. The Morgan fingerprint density at radius 2 is 1.18 bits per heavy atom. The van der Waals surface area contributed by atoms with Crippen LogP contribution in [0.1, 0.15) is 31.9 Å². The fourth-order valence-corrected chi connectivity index (χ4v) is 7.91. The number of nitrogens with zero attached hydrogens (tertiary/aromatic N) is 2. The van der Waals surface area contributed by atoms with E-state index in [-0.39, 0.29) is 12.2 Å². The lowest BCUT2D eigenvalue weighted by molar-refractivity contribution is -0.155. The Hall–Kier alpha value is -4.07. The number of benzene rings is 2. The zero-order chi connectivity index (χ0) is 28.0. The van der Waals surface area contributed by atoms with Gasteiger partial charge in [-0.2, -0.15) is 0 Å². The van der Waals surface area contributed by atoms with Crippen LogP contribution in [0.15, 0.2) is 59.7 Å². The van der Waals surface area contributed by atoms with Crippen molar-refractivity contribution in [3.05, 3.63) is 70.8 Å². The molecule has 2 aromatic carbocycles. The van der Waals surface area contributed by atoms with Crippen LogP contribution in [0.5, 0.6) is 0 Å². The van der Waals surface area contributed by atoms with Crippen LogP contribution in [0.3, 0.4) is 0 Å². The summed E-state index contributed by atoms with van der Waals surface area (Å²) in [5.41, 5.74) is 1.85. The lowest BCUT2D eigenvalue weighted by Gasteiger charge is -2.55. The van der Waals surface area contributed by atoms with E-state index in [9.17, 15) is 24.0 Å². The van der Waals surface area contributed by atoms with Crippen LogP contribution in [-0.2, 0) is 28.7 Å². The summed E-state index contributed by atoms with van der Waals surface area (Å²) in [5, 5.41) is 0. The van der Waals surface area contributed by atoms with E-state index < -0.39 is 64.6 Å². The minimum absolute atomic E-state index is 0.114. The van der Waals surface area contributed by atoms with Crippen molar-refractivity contribution in [3.8, 4) is 0 Å². The number of esters is 1. The molecule has 2 aliphatic heterocycles. The first-order chi connectivity index (χ1) is 18.6. The normalized spacial score (nSPS) is 31.3. The van der Waals surface area contributed by atoms with E-state index in [0.717, 1.165) is 11.1 Å². The summed E-state index contributed by atoms with van der Waals surface area (Å²) in [4.78, 5) is 72.6. The number of amides is 4. The first kappa shape index (κ1) is 25.2. The Labute approximate surface area is 226 Å². The molecule has 2 saturated heterocycles. The smallest absolute Gasteiger partial charge is 0.334 e. The van der Waals surface area contributed by atoms with E-state index in [1.165, 1.54) is 9.80 Å². The average Bonchev–Trinajstić information content (AvgIpc) is 3.31. The van der Waals surface area contributed by atoms with Crippen molar-refractivity contribution in [2.24, 2.45) is 35.0 Å². The SMILES string of the molecule is CCOC(=O)C1=C(C)C2[C@@H]3C(=O)N(c4ccccc4C)C(=O)[C@@H]3C1(C)[C@H]1C(=O)N(c3ccccc3C)C(=O)[C@@H]21. The van der Waals surface area contributed by atoms with Crippen molar-refractivity contribution in [3.63, 3.8) is 0 Å². The molecule has 0 N–H and O–H groups in total. The Bertz CT molecular complexity index is 1430. The maximum Gasteiger partial charge on any atom is 0.334 e. The molecule has 200 valence electrons. The van der Waals surface area contributed by atoms with E-state index in [1.54, 1.807) is 45.0 Å². The first-order valence-corrected chi connectivity index (χ1v) is 13.3. The van der Waals surface area contributed by atoms with Crippen molar-refractivity contribution >= 4 is 41.0 Å². The Morgan fingerprint density at radius 3 is 1.59 bits per heavy atom. The molecule has 4 amide bonds. The summed E-state index contributed by atoms with van der Waals surface area (Å²) in [5.74, 6) is -6.77. The third-order valence-electron chi connectivity index (χ3n) is 9.39. The van der Waals surface area contributed by atoms with Crippen LogP contribution in [-0.4, -0.2) is 36.2 Å². The quantitative estimate of drug-likeness (QED) is 0.444. The van der Waals surface area contributed by atoms with Gasteiger partial charge in [0.2, 0.25) is 23.6 Å². The molecule has 2 heterocycles. The van der Waals surface area contributed by atoms with Crippen molar-refractivity contribution in [1.82, 2.24) is 0 Å². The number of hydrogen-bond acceptors (Lipinski definition) is 6. The number of imide groups is 2. The monoisotopic (exact) mass is 526 g/mol. The van der Waals surface area contributed by atoms with Gasteiger partial charge in [0, 0.05) is 16.9 Å². The van der Waals surface area contributed by atoms with Gasteiger partial charge in [-0.05, 0) is 51.0 Å². The third kappa shape index (κ3) is 3.03. The number of hydrogen-bond donors (Lipinski definition) is 0. The molecule has 0 unspecified atom stereocenters. The molecule has 3 fully saturated rings. The number of para-hydroxylation sites is 2. The van der Waals surface area contributed by atoms with E-state index in [2.05, 4.69) is 0 Å². The molecule has 4 atom stereocenters. The number of ether oxygens (including phenoxy) is 1. The second-order valence-corrected chi connectivity index (χ2v) is 11.2. The molecule has 0 radical (unpaired) electrons. The summed E-state index contributed by atoms with van der Waals surface area (Å²) in [6.07, 6.45) is 0. The summed E-state index contributed by atoms with van der Waals surface area (Å²) >= 11 is 0. The molecule has 39 heavy (non-hydrogen) atoms. The van der Waals surface area contributed by atoms with Gasteiger partial charge in [0.25, 0.3) is 0 Å². The molecule has 5 aliphatic rings.